The fraction of sp³-hybridized carbons (Fsp3) is 0.222. The van der Waals surface area contributed by atoms with Gasteiger partial charge in [0.2, 0.25) is 5.91 Å². The van der Waals surface area contributed by atoms with Crippen LogP contribution in [0.2, 0.25) is 0 Å². The third kappa shape index (κ3) is 5.66. The van der Waals surface area contributed by atoms with Crippen molar-refractivity contribution in [3.05, 3.63) is 90.5 Å². The molecule has 1 unspecified atom stereocenters. The molecule has 1 aromatic heterocycles. The summed E-state index contributed by atoms with van der Waals surface area (Å²) < 4.78 is 21.2. The first-order valence-corrected chi connectivity index (χ1v) is 11.5. The first-order chi connectivity index (χ1) is 17.0. The molecule has 1 atom stereocenters. The van der Waals surface area contributed by atoms with E-state index in [1.807, 2.05) is 28.8 Å². The number of carbonyl (C=O) groups is 2. The summed E-state index contributed by atoms with van der Waals surface area (Å²) in [6, 6.07) is 20.4. The van der Waals surface area contributed by atoms with E-state index in [1.165, 1.54) is 12.1 Å². The molecule has 0 spiro atoms. The van der Waals surface area contributed by atoms with Crippen molar-refractivity contribution in [2.45, 2.75) is 25.4 Å². The van der Waals surface area contributed by atoms with Crippen LogP contribution in [-0.2, 0) is 16.1 Å². The highest BCUT2D eigenvalue weighted by Crippen LogP contribution is 2.30. The van der Waals surface area contributed by atoms with Gasteiger partial charge >= 0.3 is 0 Å². The number of carbonyl (C=O) groups excluding carboxylic acids is 2. The molecule has 5 rings (SSSR count). The second kappa shape index (κ2) is 9.97. The van der Waals surface area contributed by atoms with Gasteiger partial charge in [0.15, 0.2) is 6.61 Å². The van der Waals surface area contributed by atoms with Crippen molar-refractivity contribution in [3.63, 3.8) is 0 Å². The van der Waals surface area contributed by atoms with E-state index in [0.717, 1.165) is 29.4 Å². The summed E-state index contributed by atoms with van der Waals surface area (Å²) in [6.45, 7) is 0.211. The number of amides is 2. The maximum atomic E-state index is 13.5. The molecule has 3 aromatic carbocycles. The number of hydrogen-bond acceptors (Lipinski definition) is 4. The second-order valence-electron chi connectivity index (χ2n) is 8.64. The minimum Gasteiger partial charge on any atom is -0.484 e. The molecule has 1 heterocycles. The molecular weight excluding hydrogens is 447 g/mol. The molecule has 8 heteroatoms. The third-order valence-corrected chi connectivity index (χ3v) is 5.93. The van der Waals surface area contributed by atoms with Crippen LogP contribution >= 0.6 is 0 Å². The number of rotatable bonds is 9. The van der Waals surface area contributed by atoms with Crippen LogP contribution in [0.5, 0.6) is 5.75 Å². The number of aromatic nitrogens is 2. The lowest BCUT2D eigenvalue weighted by Crippen LogP contribution is -2.34. The van der Waals surface area contributed by atoms with Gasteiger partial charge in [-0.1, -0.05) is 30.3 Å². The number of nitrogens with zero attached hydrogens (tertiary/aromatic N) is 2. The van der Waals surface area contributed by atoms with Gasteiger partial charge in [0.05, 0.1) is 23.4 Å². The van der Waals surface area contributed by atoms with Gasteiger partial charge in [-0.2, -0.15) is 0 Å². The van der Waals surface area contributed by atoms with E-state index in [-0.39, 0.29) is 30.2 Å². The van der Waals surface area contributed by atoms with Gasteiger partial charge in [0.25, 0.3) is 5.91 Å². The molecule has 1 aliphatic carbocycles. The molecule has 1 fully saturated rings. The van der Waals surface area contributed by atoms with E-state index in [2.05, 4.69) is 15.6 Å². The Morgan fingerprint density at radius 3 is 2.66 bits per heavy atom. The van der Waals surface area contributed by atoms with Crippen molar-refractivity contribution >= 4 is 28.5 Å². The summed E-state index contributed by atoms with van der Waals surface area (Å²) in [5.74, 6) is -0.0804. The lowest BCUT2D eigenvalue weighted by Gasteiger charge is -2.20. The number of nitrogens with one attached hydrogen (secondary N) is 2. The Labute approximate surface area is 201 Å². The summed E-state index contributed by atoms with van der Waals surface area (Å²) in [4.78, 5) is 29.2. The standard InChI is InChI=1S/C27H25FN4O3/c28-20-12-10-18(11-13-20)24(15-32-17-29-23-6-1-2-7-25(23)32)31-26(33)16-35-22-5-3-4-21(14-22)30-27(34)19-8-9-19/h1-7,10-14,17,19,24H,8-9,15-16H2,(H,30,34)(H,31,33). The predicted octanol–water partition coefficient (Wildman–Crippen LogP) is 4.46. The predicted molar refractivity (Wildman–Crippen MR) is 130 cm³/mol. The maximum Gasteiger partial charge on any atom is 0.258 e. The largest absolute Gasteiger partial charge is 0.484 e. The van der Waals surface area contributed by atoms with Crippen molar-refractivity contribution < 1.29 is 18.7 Å². The maximum absolute atomic E-state index is 13.5. The van der Waals surface area contributed by atoms with Gasteiger partial charge in [-0.3, -0.25) is 9.59 Å². The van der Waals surface area contributed by atoms with Crippen molar-refractivity contribution in [2.75, 3.05) is 11.9 Å². The topological polar surface area (TPSA) is 85.2 Å². The van der Waals surface area contributed by atoms with E-state index in [1.54, 1.807) is 42.7 Å². The zero-order valence-electron chi connectivity index (χ0n) is 19.0. The van der Waals surface area contributed by atoms with E-state index in [4.69, 9.17) is 4.74 Å². The zero-order chi connectivity index (χ0) is 24.2. The summed E-state index contributed by atoms with van der Waals surface area (Å²) in [5, 5.41) is 5.86. The zero-order valence-corrected chi connectivity index (χ0v) is 19.0. The Morgan fingerprint density at radius 2 is 1.86 bits per heavy atom. The number of fused-ring (bicyclic) bond motifs is 1. The Hall–Kier alpha value is -4.20. The van der Waals surface area contributed by atoms with Crippen LogP contribution in [0.25, 0.3) is 11.0 Å². The molecule has 4 aromatic rings. The number of anilines is 1. The lowest BCUT2D eigenvalue weighted by atomic mass is 10.1. The van der Waals surface area contributed by atoms with Crippen LogP contribution in [-0.4, -0.2) is 28.0 Å². The van der Waals surface area contributed by atoms with Crippen LogP contribution in [0.1, 0.15) is 24.4 Å². The quantitative estimate of drug-likeness (QED) is 0.377. The molecule has 2 N–H and O–H groups in total. The summed E-state index contributed by atoms with van der Waals surface area (Å²) >= 11 is 0. The first-order valence-electron chi connectivity index (χ1n) is 11.5. The van der Waals surface area contributed by atoms with Crippen molar-refractivity contribution in [3.8, 4) is 5.75 Å². The Morgan fingerprint density at radius 1 is 1.06 bits per heavy atom. The molecule has 1 saturated carbocycles. The highest BCUT2D eigenvalue weighted by molar-refractivity contribution is 5.94. The molecule has 7 nitrogen and oxygen atoms in total. The number of imidazole rings is 1. The molecule has 0 saturated heterocycles. The fourth-order valence-corrected chi connectivity index (χ4v) is 3.92. The molecule has 0 aliphatic heterocycles. The van der Waals surface area contributed by atoms with Gasteiger partial charge in [-0.05, 0) is 54.8 Å². The molecule has 1 aliphatic rings. The minimum absolute atomic E-state index is 0.00839. The smallest absolute Gasteiger partial charge is 0.258 e. The fourth-order valence-electron chi connectivity index (χ4n) is 3.92. The summed E-state index contributed by atoms with van der Waals surface area (Å²) in [6.07, 6.45) is 3.57. The van der Waals surface area contributed by atoms with Gasteiger partial charge in [-0.15, -0.1) is 0 Å². The molecule has 35 heavy (non-hydrogen) atoms. The second-order valence-corrected chi connectivity index (χ2v) is 8.64. The Bertz CT molecular complexity index is 1350. The van der Waals surface area contributed by atoms with Crippen LogP contribution < -0.4 is 15.4 Å². The highest BCUT2D eigenvalue weighted by Gasteiger charge is 2.29. The van der Waals surface area contributed by atoms with Crippen LogP contribution in [0.3, 0.4) is 0 Å². The van der Waals surface area contributed by atoms with E-state index >= 15 is 0 Å². The van der Waals surface area contributed by atoms with E-state index in [9.17, 15) is 14.0 Å². The van der Waals surface area contributed by atoms with Crippen molar-refractivity contribution in [1.82, 2.24) is 14.9 Å². The van der Waals surface area contributed by atoms with Gasteiger partial charge in [-0.25, -0.2) is 9.37 Å². The SMILES string of the molecule is O=C(COc1cccc(NC(=O)C2CC2)c1)NC(Cn1cnc2ccccc21)c1ccc(F)cc1. The Balaban J connectivity index is 1.26. The monoisotopic (exact) mass is 472 g/mol. The van der Waals surface area contributed by atoms with Crippen molar-refractivity contribution in [1.29, 1.82) is 0 Å². The van der Waals surface area contributed by atoms with Gasteiger partial charge < -0.3 is 19.9 Å². The number of para-hydroxylation sites is 2. The number of benzene rings is 3. The van der Waals surface area contributed by atoms with Crippen LogP contribution in [0, 0.1) is 11.7 Å². The average molecular weight is 473 g/mol. The molecular formula is C27H25FN4O3. The molecule has 0 radical (unpaired) electrons. The van der Waals surface area contributed by atoms with Gasteiger partial charge in [0.1, 0.15) is 11.6 Å². The normalized spacial score (nSPS) is 13.9. The third-order valence-electron chi connectivity index (χ3n) is 5.93. The Kier molecular flexibility index (Phi) is 6.43. The average Bonchev–Trinajstić information content (AvgIpc) is 3.65. The number of ether oxygens (including phenoxy) is 1. The molecule has 2 amide bonds. The number of halogens is 1. The number of hydrogen-bond donors (Lipinski definition) is 2. The van der Waals surface area contributed by atoms with E-state index < -0.39 is 6.04 Å². The van der Waals surface area contributed by atoms with Crippen LogP contribution in [0.4, 0.5) is 10.1 Å². The van der Waals surface area contributed by atoms with E-state index in [0.29, 0.717) is 18.0 Å². The molecule has 0 bridgehead atoms. The minimum atomic E-state index is -0.423. The first kappa shape index (κ1) is 22.6. The van der Waals surface area contributed by atoms with Crippen LogP contribution in [0.15, 0.2) is 79.1 Å². The van der Waals surface area contributed by atoms with Crippen molar-refractivity contribution in [2.24, 2.45) is 5.92 Å². The summed E-state index contributed by atoms with van der Waals surface area (Å²) in [5.41, 5.74) is 3.20. The highest BCUT2D eigenvalue weighted by atomic mass is 19.1. The molecule has 178 valence electrons. The van der Waals surface area contributed by atoms with Gasteiger partial charge in [0, 0.05) is 24.2 Å². The summed E-state index contributed by atoms with van der Waals surface area (Å²) in [7, 11) is 0. The lowest BCUT2D eigenvalue weighted by molar-refractivity contribution is -0.124.